The molecule has 3 heterocycles. The van der Waals surface area contributed by atoms with Crippen LogP contribution in [-0.4, -0.2) is 33.8 Å². The zero-order chi connectivity index (χ0) is 19.7. The molecule has 1 aliphatic heterocycles. The van der Waals surface area contributed by atoms with Crippen molar-refractivity contribution in [2.45, 2.75) is 36.8 Å². The predicted molar refractivity (Wildman–Crippen MR) is 99.4 cm³/mol. The molecule has 28 heavy (non-hydrogen) atoms. The van der Waals surface area contributed by atoms with Crippen LogP contribution in [0, 0.1) is 5.82 Å². The molecule has 1 fully saturated rings. The number of aromatic nitrogens is 3. The second kappa shape index (κ2) is 7.48. The van der Waals surface area contributed by atoms with E-state index in [0.29, 0.717) is 31.0 Å². The second-order valence-corrected chi connectivity index (χ2v) is 8.81. The van der Waals surface area contributed by atoms with E-state index in [1.54, 1.807) is 29.9 Å². The molecule has 7 nitrogen and oxygen atoms in total. The van der Waals surface area contributed by atoms with Crippen molar-refractivity contribution < 1.29 is 17.2 Å². The number of halogens is 1. The molecule has 9 heteroatoms. The Kier molecular flexibility index (Phi) is 5.03. The molecule has 0 saturated carbocycles. The maximum atomic E-state index is 13.1. The molecule has 1 aromatic carbocycles. The summed E-state index contributed by atoms with van der Waals surface area (Å²) in [7, 11) is -2.00. The first kappa shape index (κ1) is 18.8. The SMILES string of the molecule is Cn1cnc(S(=O)(=O)N2CCCC[C@@H]2c2ncc(Cc3ccc(F)cc3)o2)c1. The number of benzene rings is 1. The Labute approximate surface area is 162 Å². The van der Waals surface area contributed by atoms with Gasteiger partial charge in [0.15, 0.2) is 5.03 Å². The number of imidazole rings is 1. The molecule has 0 bridgehead atoms. The molecule has 4 rings (SSSR count). The number of rotatable bonds is 5. The van der Waals surface area contributed by atoms with Crippen molar-refractivity contribution >= 4 is 10.0 Å². The van der Waals surface area contributed by atoms with Gasteiger partial charge in [-0.2, -0.15) is 4.31 Å². The van der Waals surface area contributed by atoms with Crippen LogP contribution >= 0.6 is 0 Å². The molecule has 0 N–H and O–H groups in total. The number of nitrogens with zero attached hydrogens (tertiary/aromatic N) is 4. The van der Waals surface area contributed by atoms with Crippen molar-refractivity contribution in [3.8, 4) is 0 Å². The van der Waals surface area contributed by atoms with Crippen molar-refractivity contribution in [1.82, 2.24) is 18.8 Å². The number of piperidine rings is 1. The Morgan fingerprint density at radius 3 is 2.71 bits per heavy atom. The molecule has 0 amide bonds. The van der Waals surface area contributed by atoms with E-state index in [-0.39, 0.29) is 10.8 Å². The molecule has 1 atom stereocenters. The fourth-order valence-electron chi connectivity index (χ4n) is 3.44. The third kappa shape index (κ3) is 3.72. The topological polar surface area (TPSA) is 81.2 Å². The standard InChI is InChI=1S/C19H21FN4O3S/c1-23-12-18(22-13-23)28(25,26)24-9-3-2-4-17(24)19-21-11-16(27-19)10-14-5-7-15(20)8-6-14/h5-8,11-13,17H,2-4,9-10H2,1H3/t17-/m1/s1. The fraction of sp³-hybridized carbons (Fsp3) is 0.368. The average molecular weight is 404 g/mol. The summed E-state index contributed by atoms with van der Waals surface area (Å²) in [4.78, 5) is 8.35. The molecule has 0 aliphatic carbocycles. The monoisotopic (exact) mass is 404 g/mol. The highest BCUT2D eigenvalue weighted by Gasteiger charge is 2.38. The van der Waals surface area contributed by atoms with Gasteiger partial charge >= 0.3 is 0 Å². The highest BCUT2D eigenvalue weighted by Crippen LogP contribution is 2.35. The first-order valence-corrected chi connectivity index (χ1v) is 10.6. The van der Waals surface area contributed by atoms with Crippen molar-refractivity contribution in [3.05, 3.63) is 66.0 Å². The molecule has 148 valence electrons. The van der Waals surface area contributed by atoms with Gasteiger partial charge in [0, 0.05) is 26.2 Å². The van der Waals surface area contributed by atoms with Gasteiger partial charge in [-0.05, 0) is 30.5 Å². The van der Waals surface area contributed by atoms with Crippen molar-refractivity contribution in [2.75, 3.05) is 6.54 Å². The Morgan fingerprint density at radius 2 is 2.00 bits per heavy atom. The smallest absolute Gasteiger partial charge is 0.262 e. The van der Waals surface area contributed by atoms with Gasteiger partial charge in [0.1, 0.15) is 17.6 Å². The van der Waals surface area contributed by atoms with Crippen molar-refractivity contribution in [3.63, 3.8) is 0 Å². The van der Waals surface area contributed by atoms with E-state index in [0.717, 1.165) is 18.4 Å². The van der Waals surface area contributed by atoms with E-state index in [2.05, 4.69) is 9.97 Å². The summed E-state index contributed by atoms with van der Waals surface area (Å²) < 4.78 is 48.1. The number of hydrogen-bond donors (Lipinski definition) is 0. The van der Waals surface area contributed by atoms with E-state index in [4.69, 9.17) is 4.42 Å². The summed E-state index contributed by atoms with van der Waals surface area (Å²) in [5.74, 6) is 0.707. The first-order chi connectivity index (χ1) is 13.4. The Morgan fingerprint density at radius 1 is 1.21 bits per heavy atom. The quantitative estimate of drug-likeness (QED) is 0.653. The minimum absolute atomic E-state index is 0.0278. The first-order valence-electron chi connectivity index (χ1n) is 9.12. The lowest BCUT2D eigenvalue weighted by molar-refractivity contribution is 0.216. The molecule has 3 aromatic rings. The van der Waals surface area contributed by atoms with Crippen LogP contribution in [0.15, 0.2) is 52.4 Å². The van der Waals surface area contributed by atoms with E-state index in [1.807, 2.05) is 0 Å². The Bertz CT molecular complexity index is 1060. The maximum absolute atomic E-state index is 13.1. The van der Waals surface area contributed by atoms with Crippen LogP contribution in [0.1, 0.15) is 42.5 Å². The third-order valence-electron chi connectivity index (χ3n) is 4.86. The largest absolute Gasteiger partial charge is 0.444 e. The van der Waals surface area contributed by atoms with Gasteiger partial charge in [-0.15, -0.1) is 0 Å². The molecule has 0 unspecified atom stereocenters. The summed E-state index contributed by atoms with van der Waals surface area (Å²) in [6.45, 7) is 0.402. The van der Waals surface area contributed by atoms with Gasteiger partial charge in [-0.25, -0.2) is 22.8 Å². The van der Waals surface area contributed by atoms with Gasteiger partial charge in [-0.1, -0.05) is 18.6 Å². The number of oxazole rings is 1. The molecular weight excluding hydrogens is 383 g/mol. The van der Waals surface area contributed by atoms with Crippen molar-refractivity contribution in [2.24, 2.45) is 7.05 Å². The van der Waals surface area contributed by atoms with Gasteiger partial charge < -0.3 is 8.98 Å². The van der Waals surface area contributed by atoms with Gasteiger partial charge in [0.25, 0.3) is 10.0 Å². The van der Waals surface area contributed by atoms with Gasteiger partial charge in [-0.3, -0.25) is 0 Å². The van der Waals surface area contributed by atoms with E-state index < -0.39 is 16.1 Å². The van der Waals surface area contributed by atoms with Crippen LogP contribution in [0.3, 0.4) is 0 Å². The molecule has 1 aliphatic rings. The van der Waals surface area contributed by atoms with Crippen LogP contribution in [0.25, 0.3) is 0 Å². The number of aryl methyl sites for hydroxylation is 1. The minimum Gasteiger partial charge on any atom is -0.444 e. The lowest BCUT2D eigenvalue weighted by Gasteiger charge is -2.31. The van der Waals surface area contributed by atoms with Crippen LogP contribution in [-0.2, 0) is 23.5 Å². The number of sulfonamides is 1. The number of hydrogen-bond acceptors (Lipinski definition) is 5. The second-order valence-electron chi connectivity index (χ2n) is 6.97. The molecular formula is C19H21FN4O3S. The van der Waals surface area contributed by atoms with Crippen LogP contribution < -0.4 is 0 Å². The molecule has 0 spiro atoms. The third-order valence-corrected chi connectivity index (χ3v) is 6.65. The highest BCUT2D eigenvalue weighted by molar-refractivity contribution is 7.89. The maximum Gasteiger partial charge on any atom is 0.262 e. The van der Waals surface area contributed by atoms with Crippen LogP contribution in [0.4, 0.5) is 4.39 Å². The predicted octanol–water partition coefficient (Wildman–Crippen LogP) is 3.05. The summed E-state index contributed by atoms with van der Waals surface area (Å²) in [6, 6.07) is 5.72. The lowest BCUT2D eigenvalue weighted by Crippen LogP contribution is -2.38. The Hall–Kier alpha value is -2.52. The fourth-order valence-corrected chi connectivity index (χ4v) is 5.06. The van der Waals surface area contributed by atoms with E-state index >= 15 is 0 Å². The van der Waals surface area contributed by atoms with Gasteiger partial charge in [0.05, 0.1) is 12.5 Å². The van der Waals surface area contributed by atoms with Crippen LogP contribution in [0.2, 0.25) is 0 Å². The minimum atomic E-state index is -3.73. The zero-order valence-electron chi connectivity index (χ0n) is 15.5. The average Bonchev–Trinajstić information content (AvgIpc) is 3.33. The van der Waals surface area contributed by atoms with E-state index in [9.17, 15) is 12.8 Å². The summed E-state index contributed by atoms with van der Waals surface area (Å²) in [5, 5.41) is 0.0278. The normalized spacial score (nSPS) is 18.4. The van der Waals surface area contributed by atoms with Crippen LogP contribution in [0.5, 0.6) is 0 Å². The Balaban J connectivity index is 1.58. The molecule has 1 saturated heterocycles. The van der Waals surface area contributed by atoms with Gasteiger partial charge in [0.2, 0.25) is 5.89 Å². The summed E-state index contributed by atoms with van der Waals surface area (Å²) >= 11 is 0. The highest BCUT2D eigenvalue weighted by atomic mass is 32.2. The molecule has 0 radical (unpaired) electrons. The zero-order valence-corrected chi connectivity index (χ0v) is 16.3. The van der Waals surface area contributed by atoms with Crippen molar-refractivity contribution in [1.29, 1.82) is 0 Å². The summed E-state index contributed by atoms with van der Waals surface area (Å²) in [6.07, 6.45) is 7.36. The molecule has 2 aromatic heterocycles. The lowest BCUT2D eigenvalue weighted by atomic mass is 10.1. The van der Waals surface area contributed by atoms with E-state index in [1.165, 1.54) is 29.0 Å². The summed E-state index contributed by atoms with van der Waals surface area (Å²) in [5.41, 5.74) is 0.894.